The third-order valence-corrected chi connectivity index (χ3v) is 6.03. The number of thiophene rings is 1. The SMILES string of the molecule is CCOC(=O)Cc1csc(NC(=O)CSc2nnc(-c3cccs3)n2C)n1. The molecule has 3 aromatic heterocycles. The van der Waals surface area contributed by atoms with Crippen LogP contribution in [-0.4, -0.2) is 44.0 Å². The fourth-order valence-corrected chi connectivity index (χ4v) is 4.33. The number of rotatable bonds is 8. The molecule has 3 rings (SSSR count). The number of aromatic nitrogens is 4. The fraction of sp³-hybridized carbons (Fsp3) is 0.312. The summed E-state index contributed by atoms with van der Waals surface area (Å²) in [5.74, 6) is 0.428. The first-order valence-corrected chi connectivity index (χ1v) is 10.8. The minimum Gasteiger partial charge on any atom is -0.466 e. The van der Waals surface area contributed by atoms with Crippen LogP contribution >= 0.6 is 34.4 Å². The third-order valence-electron chi connectivity index (χ3n) is 3.34. The quantitative estimate of drug-likeness (QED) is 0.439. The molecule has 0 aromatic carbocycles. The molecular weight excluding hydrogens is 406 g/mol. The van der Waals surface area contributed by atoms with Crippen LogP contribution in [0.4, 0.5) is 5.13 Å². The zero-order chi connectivity index (χ0) is 19.2. The van der Waals surface area contributed by atoms with E-state index < -0.39 is 0 Å². The number of anilines is 1. The van der Waals surface area contributed by atoms with Gasteiger partial charge < -0.3 is 14.6 Å². The number of carbonyl (C=O) groups is 2. The first-order chi connectivity index (χ1) is 13.1. The summed E-state index contributed by atoms with van der Waals surface area (Å²) < 4.78 is 6.75. The van der Waals surface area contributed by atoms with Crippen LogP contribution in [0.1, 0.15) is 12.6 Å². The highest BCUT2D eigenvalue weighted by Gasteiger charge is 2.15. The van der Waals surface area contributed by atoms with Crippen molar-refractivity contribution < 1.29 is 14.3 Å². The van der Waals surface area contributed by atoms with E-state index in [2.05, 4.69) is 20.5 Å². The number of esters is 1. The van der Waals surface area contributed by atoms with Crippen LogP contribution < -0.4 is 5.32 Å². The minimum absolute atomic E-state index is 0.0966. The van der Waals surface area contributed by atoms with Crippen LogP contribution in [0, 0.1) is 0 Å². The van der Waals surface area contributed by atoms with Gasteiger partial charge in [-0.1, -0.05) is 17.8 Å². The Bertz CT molecular complexity index is 920. The molecule has 0 saturated carbocycles. The lowest BCUT2D eigenvalue weighted by molar-refractivity contribution is -0.142. The summed E-state index contributed by atoms with van der Waals surface area (Å²) in [6, 6.07) is 3.94. The highest BCUT2D eigenvalue weighted by molar-refractivity contribution is 7.99. The highest BCUT2D eigenvalue weighted by Crippen LogP contribution is 2.26. The predicted octanol–water partition coefficient (Wildman–Crippen LogP) is 2.84. The van der Waals surface area contributed by atoms with E-state index in [1.54, 1.807) is 23.6 Å². The molecule has 0 radical (unpaired) electrons. The van der Waals surface area contributed by atoms with Crippen LogP contribution in [-0.2, 0) is 27.8 Å². The van der Waals surface area contributed by atoms with Gasteiger partial charge in [-0.3, -0.25) is 9.59 Å². The van der Waals surface area contributed by atoms with E-state index in [9.17, 15) is 9.59 Å². The van der Waals surface area contributed by atoms with E-state index in [1.165, 1.54) is 23.1 Å². The Labute approximate surface area is 168 Å². The van der Waals surface area contributed by atoms with Gasteiger partial charge in [-0.05, 0) is 18.4 Å². The van der Waals surface area contributed by atoms with Crippen molar-refractivity contribution in [3.8, 4) is 10.7 Å². The van der Waals surface area contributed by atoms with Crippen LogP contribution in [0.5, 0.6) is 0 Å². The van der Waals surface area contributed by atoms with Crippen molar-refractivity contribution in [2.24, 2.45) is 7.05 Å². The van der Waals surface area contributed by atoms with Gasteiger partial charge in [0.2, 0.25) is 5.91 Å². The first kappa shape index (κ1) is 19.5. The number of hydrogen-bond acceptors (Lipinski definition) is 9. The molecule has 0 saturated heterocycles. The molecule has 0 aliphatic rings. The monoisotopic (exact) mass is 423 g/mol. The molecule has 3 aromatic rings. The van der Waals surface area contributed by atoms with Crippen molar-refractivity contribution in [3.05, 3.63) is 28.6 Å². The number of amides is 1. The molecule has 0 spiro atoms. The van der Waals surface area contributed by atoms with Gasteiger partial charge in [-0.2, -0.15) is 0 Å². The van der Waals surface area contributed by atoms with Crippen molar-refractivity contribution in [2.75, 3.05) is 17.7 Å². The Kier molecular flexibility index (Phi) is 6.58. The van der Waals surface area contributed by atoms with Gasteiger partial charge in [0.25, 0.3) is 0 Å². The molecule has 11 heteroatoms. The zero-order valence-electron chi connectivity index (χ0n) is 14.7. The second-order valence-corrected chi connectivity index (χ2v) is 8.05. The summed E-state index contributed by atoms with van der Waals surface area (Å²) in [5.41, 5.74) is 0.579. The minimum atomic E-state index is -0.333. The van der Waals surface area contributed by atoms with Crippen LogP contribution in [0.15, 0.2) is 28.0 Å². The molecule has 0 aliphatic carbocycles. The number of ether oxygens (including phenoxy) is 1. The number of nitrogens with zero attached hydrogens (tertiary/aromatic N) is 4. The van der Waals surface area contributed by atoms with Gasteiger partial charge in [0, 0.05) is 12.4 Å². The average Bonchev–Trinajstić information content (AvgIpc) is 3.35. The largest absolute Gasteiger partial charge is 0.466 e. The maximum atomic E-state index is 12.2. The maximum Gasteiger partial charge on any atom is 0.311 e. The number of carbonyl (C=O) groups excluding carboxylic acids is 2. The van der Waals surface area contributed by atoms with Gasteiger partial charge in [-0.15, -0.1) is 32.9 Å². The molecule has 142 valence electrons. The van der Waals surface area contributed by atoms with E-state index in [-0.39, 0.29) is 24.1 Å². The topological polar surface area (TPSA) is 99.0 Å². The molecule has 1 N–H and O–H groups in total. The van der Waals surface area contributed by atoms with Crippen molar-refractivity contribution in [1.82, 2.24) is 19.7 Å². The first-order valence-electron chi connectivity index (χ1n) is 8.02. The molecule has 27 heavy (non-hydrogen) atoms. The maximum absolute atomic E-state index is 12.2. The standard InChI is InChI=1S/C16H17N5O3S3/c1-3-24-13(23)7-10-8-26-15(17-10)18-12(22)9-27-16-20-19-14(21(16)2)11-5-4-6-25-11/h4-6,8H,3,7,9H2,1-2H3,(H,17,18,22). The number of hydrogen-bond donors (Lipinski definition) is 1. The summed E-state index contributed by atoms with van der Waals surface area (Å²) in [4.78, 5) is 28.9. The Balaban J connectivity index is 1.52. The summed E-state index contributed by atoms with van der Waals surface area (Å²) >= 11 is 4.16. The molecule has 0 fully saturated rings. The number of thiazole rings is 1. The molecule has 0 bridgehead atoms. The molecule has 8 nitrogen and oxygen atoms in total. The average molecular weight is 424 g/mol. The van der Waals surface area contributed by atoms with Gasteiger partial charge in [0.15, 0.2) is 16.1 Å². The van der Waals surface area contributed by atoms with Crippen LogP contribution in [0.25, 0.3) is 10.7 Å². The molecule has 0 unspecified atom stereocenters. The van der Waals surface area contributed by atoms with E-state index >= 15 is 0 Å². The molecule has 3 heterocycles. The molecule has 1 amide bonds. The Morgan fingerprint density at radius 3 is 2.93 bits per heavy atom. The number of nitrogens with one attached hydrogen (secondary N) is 1. The van der Waals surface area contributed by atoms with E-state index in [4.69, 9.17) is 4.74 Å². The van der Waals surface area contributed by atoms with E-state index in [1.807, 2.05) is 29.1 Å². The van der Waals surface area contributed by atoms with Gasteiger partial charge in [-0.25, -0.2) is 4.98 Å². The van der Waals surface area contributed by atoms with E-state index in [0.29, 0.717) is 22.6 Å². The van der Waals surface area contributed by atoms with Gasteiger partial charge in [0.1, 0.15) is 0 Å². The second-order valence-electron chi connectivity index (χ2n) is 5.31. The fourth-order valence-electron chi connectivity index (χ4n) is 2.15. The van der Waals surface area contributed by atoms with Crippen molar-refractivity contribution in [2.45, 2.75) is 18.5 Å². The lowest BCUT2D eigenvalue weighted by atomic mass is 10.3. The third kappa shape index (κ3) is 5.15. The predicted molar refractivity (Wildman–Crippen MR) is 106 cm³/mol. The van der Waals surface area contributed by atoms with Crippen molar-refractivity contribution in [1.29, 1.82) is 0 Å². The van der Waals surface area contributed by atoms with E-state index in [0.717, 1.165) is 10.7 Å². The molecule has 0 atom stereocenters. The van der Waals surface area contributed by atoms with Gasteiger partial charge >= 0.3 is 5.97 Å². The normalized spacial score (nSPS) is 10.7. The van der Waals surface area contributed by atoms with Crippen LogP contribution in [0.2, 0.25) is 0 Å². The Morgan fingerprint density at radius 2 is 2.19 bits per heavy atom. The van der Waals surface area contributed by atoms with Crippen molar-refractivity contribution >= 4 is 51.4 Å². The zero-order valence-corrected chi connectivity index (χ0v) is 17.1. The van der Waals surface area contributed by atoms with Gasteiger partial charge in [0.05, 0.1) is 29.4 Å². The summed E-state index contributed by atoms with van der Waals surface area (Å²) in [7, 11) is 1.87. The molecular formula is C16H17N5O3S3. The smallest absolute Gasteiger partial charge is 0.311 e. The lowest BCUT2D eigenvalue weighted by Crippen LogP contribution is -2.14. The second kappa shape index (κ2) is 9.11. The Morgan fingerprint density at radius 1 is 1.33 bits per heavy atom. The highest BCUT2D eigenvalue weighted by atomic mass is 32.2. The summed E-state index contributed by atoms with van der Waals surface area (Å²) in [6.07, 6.45) is 0.0966. The summed E-state index contributed by atoms with van der Waals surface area (Å²) in [6.45, 7) is 2.09. The summed E-state index contributed by atoms with van der Waals surface area (Å²) in [5, 5.41) is 15.9. The lowest BCUT2D eigenvalue weighted by Gasteiger charge is -2.03. The number of thioether (sulfide) groups is 1. The van der Waals surface area contributed by atoms with Crippen LogP contribution in [0.3, 0.4) is 0 Å². The Hall–Kier alpha value is -2.24. The molecule has 0 aliphatic heterocycles. The van der Waals surface area contributed by atoms with Crippen molar-refractivity contribution in [3.63, 3.8) is 0 Å².